The monoisotopic (exact) mass is 356 g/mol. The summed E-state index contributed by atoms with van der Waals surface area (Å²) in [6.07, 6.45) is 4.96. The molecule has 5 atom stereocenters. The number of carbonyl (C=O) groups is 1. The summed E-state index contributed by atoms with van der Waals surface area (Å²) >= 11 is 1.65. The van der Waals surface area contributed by atoms with Gasteiger partial charge in [0.25, 0.3) is 5.91 Å². The van der Waals surface area contributed by atoms with Gasteiger partial charge in [0, 0.05) is 6.04 Å². The Morgan fingerprint density at radius 1 is 1.36 bits per heavy atom. The molecule has 1 aromatic heterocycles. The van der Waals surface area contributed by atoms with Crippen LogP contribution in [0.2, 0.25) is 0 Å². The van der Waals surface area contributed by atoms with Crippen molar-refractivity contribution in [2.75, 3.05) is 0 Å². The number of fused-ring (bicyclic) bond motifs is 3. The lowest BCUT2D eigenvalue weighted by Crippen LogP contribution is -2.43. The third-order valence-electron chi connectivity index (χ3n) is 6.70. The van der Waals surface area contributed by atoms with Gasteiger partial charge in [0.05, 0.1) is 20.8 Å². The highest BCUT2D eigenvalue weighted by molar-refractivity contribution is 7.19. The molecule has 1 amide bonds. The highest BCUT2D eigenvalue weighted by atomic mass is 32.1. The van der Waals surface area contributed by atoms with Crippen LogP contribution in [-0.4, -0.2) is 16.9 Å². The molecule has 2 aliphatic rings. The Hall–Kier alpha value is -1.42. The number of rotatable bonds is 4. The molecule has 0 spiro atoms. The van der Waals surface area contributed by atoms with E-state index in [0.717, 1.165) is 33.1 Å². The Morgan fingerprint density at radius 2 is 2.12 bits per heavy atom. The number of aromatic nitrogens is 1. The first-order chi connectivity index (χ1) is 12.0. The Kier molecular flexibility index (Phi) is 4.35. The number of aryl methyl sites for hydroxylation is 1. The second-order valence-corrected chi connectivity index (χ2v) is 9.31. The number of amides is 1. The van der Waals surface area contributed by atoms with Gasteiger partial charge in [-0.1, -0.05) is 26.8 Å². The number of benzene rings is 1. The molecule has 3 nitrogen and oxygen atoms in total. The highest BCUT2D eigenvalue weighted by Crippen LogP contribution is 2.48. The third kappa shape index (κ3) is 2.79. The molecule has 0 radical (unpaired) electrons. The van der Waals surface area contributed by atoms with Gasteiger partial charge in [0.15, 0.2) is 0 Å². The average molecular weight is 357 g/mol. The summed E-state index contributed by atoms with van der Waals surface area (Å²) in [5.74, 6) is 2.60. The second-order valence-electron chi connectivity index (χ2n) is 8.11. The Bertz CT molecular complexity index is 810. The molecule has 134 valence electrons. The minimum absolute atomic E-state index is 0.119. The van der Waals surface area contributed by atoms with Crippen LogP contribution in [0, 0.1) is 24.7 Å². The largest absolute Gasteiger partial charge is 0.349 e. The van der Waals surface area contributed by atoms with Crippen molar-refractivity contribution in [1.82, 2.24) is 10.3 Å². The quantitative estimate of drug-likeness (QED) is 0.809. The van der Waals surface area contributed by atoms with E-state index in [4.69, 9.17) is 0 Å². The summed E-state index contributed by atoms with van der Waals surface area (Å²) in [5.41, 5.74) is 3.01. The Labute approximate surface area is 154 Å². The maximum Gasteiger partial charge on any atom is 0.253 e. The zero-order valence-electron chi connectivity index (χ0n) is 15.6. The minimum Gasteiger partial charge on any atom is -0.349 e. The van der Waals surface area contributed by atoms with Crippen LogP contribution < -0.4 is 5.32 Å². The number of thiazole rings is 1. The number of hydrogen-bond donors (Lipinski definition) is 1. The molecule has 0 saturated heterocycles. The molecule has 4 heteroatoms. The van der Waals surface area contributed by atoms with Crippen LogP contribution in [0.5, 0.6) is 0 Å². The molecule has 4 unspecified atom stereocenters. The SMILES string of the molecule is CCC(C)c1ccc2nc(C)sc2c1C(=O)NC1C2CC[C@H](C2)C1C. The molecule has 2 aromatic rings. The van der Waals surface area contributed by atoms with Crippen LogP contribution in [0.1, 0.15) is 73.3 Å². The van der Waals surface area contributed by atoms with Crippen molar-refractivity contribution in [2.24, 2.45) is 17.8 Å². The van der Waals surface area contributed by atoms with Crippen molar-refractivity contribution in [3.05, 3.63) is 28.3 Å². The van der Waals surface area contributed by atoms with E-state index in [1.54, 1.807) is 11.3 Å². The summed E-state index contributed by atoms with van der Waals surface area (Å²) in [4.78, 5) is 18.0. The molecule has 1 N–H and O–H groups in total. The van der Waals surface area contributed by atoms with Gasteiger partial charge in [-0.15, -0.1) is 11.3 Å². The summed E-state index contributed by atoms with van der Waals surface area (Å²) in [6, 6.07) is 4.55. The van der Waals surface area contributed by atoms with Crippen molar-refractivity contribution < 1.29 is 4.79 Å². The zero-order valence-corrected chi connectivity index (χ0v) is 16.5. The van der Waals surface area contributed by atoms with Crippen LogP contribution in [0.15, 0.2) is 12.1 Å². The van der Waals surface area contributed by atoms with E-state index < -0.39 is 0 Å². The van der Waals surface area contributed by atoms with E-state index in [-0.39, 0.29) is 5.91 Å². The van der Waals surface area contributed by atoms with Crippen LogP contribution in [0.25, 0.3) is 10.2 Å². The van der Waals surface area contributed by atoms with Gasteiger partial charge in [0.1, 0.15) is 0 Å². The van der Waals surface area contributed by atoms with Crippen molar-refractivity contribution in [1.29, 1.82) is 0 Å². The fourth-order valence-electron chi connectivity index (χ4n) is 5.03. The number of nitrogens with zero attached hydrogens (tertiary/aromatic N) is 1. The van der Waals surface area contributed by atoms with Gasteiger partial charge in [-0.05, 0) is 67.9 Å². The highest BCUT2D eigenvalue weighted by Gasteiger charge is 2.46. The van der Waals surface area contributed by atoms with E-state index in [2.05, 4.69) is 43.2 Å². The lowest BCUT2D eigenvalue weighted by atomic mass is 9.85. The lowest BCUT2D eigenvalue weighted by Gasteiger charge is -2.29. The van der Waals surface area contributed by atoms with Gasteiger partial charge >= 0.3 is 0 Å². The first kappa shape index (κ1) is 17.0. The average Bonchev–Trinajstić information content (AvgIpc) is 3.28. The molecular weight excluding hydrogens is 328 g/mol. The van der Waals surface area contributed by atoms with Crippen molar-refractivity contribution >= 4 is 27.5 Å². The first-order valence-corrected chi connectivity index (χ1v) is 10.5. The molecule has 0 aliphatic heterocycles. The molecule has 2 aliphatic carbocycles. The van der Waals surface area contributed by atoms with E-state index in [0.29, 0.717) is 23.8 Å². The smallest absolute Gasteiger partial charge is 0.253 e. The molecule has 25 heavy (non-hydrogen) atoms. The molecule has 4 rings (SSSR count). The van der Waals surface area contributed by atoms with Crippen LogP contribution >= 0.6 is 11.3 Å². The summed E-state index contributed by atoms with van der Waals surface area (Å²) < 4.78 is 1.06. The molecule has 1 heterocycles. The maximum atomic E-state index is 13.4. The standard InChI is InChI=1S/C21H28N2OS/c1-5-11(2)16-8-9-17-20(25-13(4)22-17)18(16)21(24)23-19-12(3)14-6-7-15(19)10-14/h8-9,11-12,14-15,19H,5-7,10H2,1-4H3,(H,23,24)/t11?,12?,14-,15?,19?/m1/s1. The normalized spacial score (nSPS) is 29.3. The van der Waals surface area contributed by atoms with Crippen molar-refractivity contribution in [3.8, 4) is 0 Å². The first-order valence-electron chi connectivity index (χ1n) is 9.70. The number of carbonyl (C=O) groups excluding carboxylic acids is 1. The molecule has 1 aromatic carbocycles. The van der Waals surface area contributed by atoms with Crippen molar-refractivity contribution in [2.45, 2.75) is 65.3 Å². The van der Waals surface area contributed by atoms with E-state index in [1.165, 1.54) is 24.8 Å². The van der Waals surface area contributed by atoms with E-state index in [1.807, 2.05) is 6.92 Å². The van der Waals surface area contributed by atoms with Gasteiger partial charge < -0.3 is 5.32 Å². The predicted molar refractivity (Wildman–Crippen MR) is 104 cm³/mol. The fraction of sp³-hybridized carbons (Fsp3) is 0.619. The molecule has 2 fully saturated rings. The van der Waals surface area contributed by atoms with Gasteiger partial charge in [-0.3, -0.25) is 4.79 Å². The van der Waals surface area contributed by atoms with Crippen LogP contribution in [0.3, 0.4) is 0 Å². The molecule has 2 bridgehead atoms. The Morgan fingerprint density at radius 3 is 2.80 bits per heavy atom. The van der Waals surface area contributed by atoms with Gasteiger partial charge in [0.2, 0.25) is 0 Å². The van der Waals surface area contributed by atoms with Crippen LogP contribution in [0.4, 0.5) is 0 Å². The van der Waals surface area contributed by atoms with Gasteiger partial charge in [-0.2, -0.15) is 0 Å². The van der Waals surface area contributed by atoms with Crippen molar-refractivity contribution in [3.63, 3.8) is 0 Å². The molecule has 2 saturated carbocycles. The maximum absolute atomic E-state index is 13.4. The summed E-state index contributed by atoms with van der Waals surface area (Å²) in [7, 11) is 0. The second kappa shape index (κ2) is 6.39. The fourth-order valence-corrected chi connectivity index (χ4v) is 6.01. The summed E-state index contributed by atoms with van der Waals surface area (Å²) in [5, 5.41) is 4.46. The third-order valence-corrected chi connectivity index (χ3v) is 7.70. The van der Waals surface area contributed by atoms with Crippen LogP contribution in [-0.2, 0) is 0 Å². The van der Waals surface area contributed by atoms with E-state index in [9.17, 15) is 4.79 Å². The zero-order chi connectivity index (χ0) is 17.7. The summed E-state index contributed by atoms with van der Waals surface area (Å²) in [6.45, 7) is 8.74. The minimum atomic E-state index is 0.119. The number of hydrogen-bond acceptors (Lipinski definition) is 3. The predicted octanol–water partition coefficient (Wildman–Crippen LogP) is 5.28. The molecular formula is C21H28N2OS. The van der Waals surface area contributed by atoms with Gasteiger partial charge in [-0.25, -0.2) is 4.98 Å². The lowest BCUT2D eigenvalue weighted by molar-refractivity contribution is 0.0905. The number of nitrogens with one attached hydrogen (secondary N) is 1. The Balaban J connectivity index is 1.72. The topological polar surface area (TPSA) is 42.0 Å². The van der Waals surface area contributed by atoms with E-state index >= 15 is 0 Å².